The van der Waals surface area contributed by atoms with Gasteiger partial charge in [-0.1, -0.05) is 18.2 Å². The number of carbonyl (C=O) groups is 2. The Kier molecular flexibility index (Phi) is 5.94. The molecular weight excluding hydrogens is 486 g/mol. The van der Waals surface area contributed by atoms with Crippen LogP contribution in [0.15, 0.2) is 60.2 Å². The molecule has 1 unspecified atom stereocenters. The van der Waals surface area contributed by atoms with Crippen LogP contribution in [0.25, 0.3) is 5.76 Å². The van der Waals surface area contributed by atoms with E-state index in [2.05, 4.69) is 0 Å². The number of aryl methyl sites for hydroxylation is 2. The molecule has 38 heavy (non-hydrogen) atoms. The van der Waals surface area contributed by atoms with Crippen molar-refractivity contribution >= 4 is 23.1 Å². The lowest BCUT2D eigenvalue weighted by Crippen LogP contribution is -2.29. The molecule has 1 atom stereocenters. The Hall–Kier alpha value is -4.46. The van der Waals surface area contributed by atoms with E-state index < -0.39 is 17.7 Å². The Bertz CT molecular complexity index is 1490. The Morgan fingerprint density at radius 2 is 1.76 bits per heavy atom. The van der Waals surface area contributed by atoms with Crippen LogP contribution < -0.4 is 19.1 Å². The predicted molar refractivity (Wildman–Crippen MR) is 140 cm³/mol. The fourth-order valence-electron chi connectivity index (χ4n) is 5.46. The summed E-state index contributed by atoms with van der Waals surface area (Å²) >= 11 is 0. The molecule has 0 bridgehead atoms. The summed E-state index contributed by atoms with van der Waals surface area (Å²) in [5, 5.41) is 21.8. The quantitative estimate of drug-likeness (QED) is 0.280. The molecule has 2 N–H and O–H groups in total. The molecular formula is C30H27NO7. The van der Waals surface area contributed by atoms with E-state index in [9.17, 15) is 19.8 Å². The number of phenolic OH excluding ortho intramolecular Hbond substituents is 1. The zero-order chi connectivity index (χ0) is 26.4. The van der Waals surface area contributed by atoms with Gasteiger partial charge >= 0.3 is 0 Å². The molecule has 0 saturated carbocycles. The van der Waals surface area contributed by atoms with Gasteiger partial charge < -0.3 is 24.4 Å². The van der Waals surface area contributed by atoms with E-state index in [1.54, 1.807) is 43.3 Å². The van der Waals surface area contributed by atoms with E-state index in [4.69, 9.17) is 14.2 Å². The smallest absolute Gasteiger partial charge is 0.300 e. The number of aliphatic hydroxyl groups excluding tert-OH is 1. The summed E-state index contributed by atoms with van der Waals surface area (Å²) in [7, 11) is 0. The minimum Gasteiger partial charge on any atom is -0.507 e. The maximum atomic E-state index is 13.5. The van der Waals surface area contributed by atoms with Crippen molar-refractivity contribution in [1.29, 1.82) is 0 Å². The number of ether oxygens (including phenoxy) is 3. The normalized spacial score (nSPS) is 19.5. The molecule has 6 rings (SSSR count). The first-order valence-electron chi connectivity index (χ1n) is 12.7. The fraction of sp³-hybridized carbons (Fsp3) is 0.267. The number of fused-ring (bicyclic) bond motifs is 2. The molecule has 1 saturated heterocycles. The number of hydrogen-bond donors (Lipinski definition) is 2. The molecule has 3 aliphatic rings. The summed E-state index contributed by atoms with van der Waals surface area (Å²) in [5.41, 5.74) is 3.76. The topological polar surface area (TPSA) is 106 Å². The van der Waals surface area contributed by atoms with E-state index in [1.807, 2.05) is 12.1 Å². The van der Waals surface area contributed by atoms with Gasteiger partial charge in [-0.25, -0.2) is 0 Å². The van der Waals surface area contributed by atoms with Crippen molar-refractivity contribution in [1.82, 2.24) is 0 Å². The molecule has 0 aromatic heterocycles. The van der Waals surface area contributed by atoms with Crippen molar-refractivity contribution < 1.29 is 34.0 Å². The van der Waals surface area contributed by atoms with E-state index >= 15 is 0 Å². The average molecular weight is 514 g/mol. The number of carbonyl (C=O) groups excluding carboxylic acids is 2. The minimum atomic E-state index is -0.966. The average Bonchev–Trinajstić information content (AvgIpc) is 3.51. The molecule has 194 valence electrons. The second-order valence-electron chi connectivity index (χ2n) is 9.56. The number of ketones is 1. The van der Waals surface area contributed by atoms with Crippen LogP contribution in [0.1, 0.15) is 48.1 Å². The standard InChI is InChI=1S/C30H27NO7/c1-2-36-24-14-19(9-11-22(24)32)27-26(28(33)20-8-7-17-5-3-4-6-18(17)13-20)29(34)30(35)31(27)21-10-12-23-25(15-21)38-16-37-23/h7-15,27,32-33H,2-6,16H2,1H3/b28-26+. The summed E-state index contributed by atoms with van der Waals surface area (Å²) in [6, 6.07) is 14.4. The van der Waals surface area contributed by atoms with Gasteiger partial charge in [0.15, 0.2) is 23.0 Å². The number of aliphatic hydroxyl groups is 1. The molecule has 3 aromatic carbocycles. The molecule has 2 aliphatic heterocycles. The highest BCUT2D eigenvalue weighted by Crippen LogP contribution is 2.46. The van der Waals surface area contributed by atoms with Crippen molar-refractivity contribution in [2.75, 3.05) is 18.3 Å². The molecule has 8 nitrogen and oxygen atoms in total. The highest BCUT2D eigenvalue weighted by Gasteiger charge is 2.47. The van der Waals surface area contributed by atoms with Crippen molar-refractivity contribution in [2.45, 2.75) is 38.6 Å². The van der Waals surface area contributed by atoms with E-state index in [0.717, 1.165) is 31.2 Å². The third-order valence-electron chi connectivity index (χ3n) is 7.30. The lowest BCUT2D eigenvalue weighted by Gasteiger charge is -2.26. The number of amides is 1. The van der Waals surface area contributed by atoms with Crippen molar-refractivity contribution in [3.63, 3.8) is 0 Å². The molecule has 8 heteroatoms. The highest BCUT2D eigenvalue weighted by molar-refractivity contribution is 6.51. The largest absolute Gasteiger partial charge is 0.507 e. The monoisotopic (exact) mass is 513 g/mol. The predicted octanol–water partition coefficient (Wildman–Crippen LogP) is 5.02. The second kappa shape index (κ2) is 9.45. The molecule has 3 aromatic rings. The van der Waals surface area contributed by atoms with Gasteiger partial charge in [0.05, 0.1) is 18.2 Å². The number of benzene rings is 3. The van der Waals surface area contributed by atoms with Gasteiger partial charge in [0.1, 0.15) is 5.76 Å². The van der Waals surface area contributed by atoms with Crippen LogP contribution in [0.4, 0.5) is 5.69 Å². The summed E-state index contributed by atoms with van der Waals surface area (Å²) < 4.78 is 16.5. The van der Waals surface area contributed by atoms with Crippen molar-refractivity contribution in [3.05, 3.63) is 82.4 Å². The van der Waals surface area contributed by atoms with Crippen LogP contribution in [0.2, 0.25) is 0 Å². The Balaban J connectivity index is 1.53. The maximum Gasteiger partial charge on any atom is 0.300 e. The number of hydrogen-bond acceptors (Lipinski definition) is 7. The lowest BCUT2D eigenvalue weighted by atomic mass is 9.88. The summed E-state index contributed by atoms with van der Waals surface area (Å²) in [6.45, 7) is 2.17. The number of aromatic hydroxyl groups is 1. The van der Waals surface area contributed by atoms with Gasteiger partial charge in [0.25, 0.3) is 11.7 Å². The van der Waals surface area contributed by atoms with E-state index in [1.165, 1.54) is 16.5 Å². The minimum absolute atomic E-state index is 0.0310. The van der Waals surface area contributed by atoms with E-state index in [0.29, 0.717) is 34.9 Å². The third kappa shape index (κ3) is 3.93. The number of phenols is 1. The van der Waals surface area contributed by atoms with Gasteiger partial charge in [-0.15, -0.1) is 0 Å². The van der Waals surface area contributed by atoms with E-state index in [-0.39, 0.29) is 29.6 Å². The molecule has 2 heterocycles. The first kappa shape index (κ1) is 23.9. The van der Waals surface area contributed by atoms with Crippen LogP contribution >= 0.6 is 0 Å². The summed E-state index contributed by atoms with van der Waals surface area (Å²) in [5.74, 6) is -0.664. The van der Waals surface area contributed by atoms with Crippen LogP contribution in [-0.4, -0.2) is 35.3 Å². The lowest BCUT2D eigenvalue weighted by molar-refractivity contribution is -0.132. The van der Waals surface area contributed by atoms with Gasteiger partial charge in [-0.3, -0.25) is 14.5 Å². The Morgan fingerprint density at radius 1 is 0.974 bits per heavy atom. The van der Waals surface area contributed by atoms with Gasteiger partial charge in [0, 0.05) is 17.3 Å². The molecule has 0 spiro atoms. The molecule has 1 fully saturated rings. The fourth-order valence-corrected chi connectivity index (χ4v) is 5.46. The molecule has 1 amide bonds. The maximum absolute atomic E-state index is 13.5. The molecule has 0 radical (unpaired) electrons. The van der Waals surface area contributed by atoms with Crippen LogP contribution in [-0.2, 0) is 22.4 Å². The Labute approximate surface area is 219 Å². The zero-order valence-corrected chi connectivity index (χ0v) is 20.9. The summed E-state index contributed by atoms with van der Waals surface area (Å²) in [4.78, 5) is 28.4. The van der Waals surface area contributed by atoms with Gasteiger partial charge in [0.2, 0.25) is 6.79 Å². The second-order valence-corrected chi connectivity index (χ2v) is 9.56. The van der Waals surface area contributed by atoms with Crippen LogP contribution in [0.5, 0.6) is 23.0 Å². The van der Waals surface area contributed by atoms with Crippen molar-refractivity contribution in [2.24, 2.45) is 0 Å². The number of rotatable bonds is 5. The number of anilines is 1. The zero-order valence-electron chi connectivity index (χ0n) is 20.9. The number of nitrogens with zero attached hydrogens (tertiary/aromatic N) is 1. The van der Waals surface area contributed by atoms with Crippen LogP contribution in [0, 0.1) is 0 Å². The first-order valence-corrected chi connectivity index (χ1v) is 12.7. The SMILES string of the molecule is CCOc1cc(C2/C(=C(\O)c3ccc4c(c3)CCCC4)C(=O)C(=O)N2c2ccc3c(c2)OCO3)ccc1O. The third-order valence-corrected chi connectivity index (χ3v) is 7.30. The highest BCUT2D eigenvalue weighted by atomic mass is 16.7. The first-order chi connectivity index (χ1) is 18.5. The Morgan fingerprint density at radius 3 is 2.58 bits per heavy atom. The molecule has 1 aliphatic carbocycles. The van der Waals surface area contributed by atoms with Gasteiger partial charge in [-0.05, 0) is 79.6 Å². The van der Waals surface area contributed by atoms with Gasteiger partial charge in [-0.2, -0.15) is 0 Å². The van der Waals surface area contributed by atoms with Crippen molar-refractivity contribution in [3.8, 4) is 23.0 Å². The number of Topliss-reactive ketones (excluding diaryl/α,β-unsaturated/α-hetero) is 1. The summed E-state index contributed by atoms with van der Waals surface area (Å²) in [6.07, 6.45) is 4.08. The van der Waals surface area contributed by atoms with Crippen LogP contribution in [0.3, 0.4) is 0 Å².